The Balaban J connectivity index is 1.61. The molecule has 1 atom stereocenters. The van der Waals surface area contributed by atoms with Crippen LogP contribution in [0.25, 0.3) is 21.9 Å². The van der Waals surface area contributed by atoms with Crippen LogP contribution in [0.2, 0.25) is 0 Å². The van der Waals surface area contributed by atoms with E-state index in [9.17, 15) is 9.59 Å². The minimum Gasteiger partial charge on any atom is -0.422 e. The molecule has 0 fully saturated rings. The van der Waals surface area contributed by atoms with Crippen LogP contribution in [0.15, 0.2) is 68.7 Å². The van der Waals surface area contributed by atoms with Gasteiger partial charge in [0.15, 0.2) is 0 Å². The molecule has 7 rings (SSSR count). The topological polar surface area (TPSA) is 92.9 Å². The molecule has 1 unspecified atom stereocenters. The summed E-state index contributed by atoms with van der Waals surface area (Å²) in [6.07, 6.45) is 2.51. The van der Waals surface area contributed by atoms with Crippen molar-refractivity contribution in [2.24, 2.45) is 0 Å². The number of anilines is 2. The van der Waals surface area contributed by atoms with E-state index in [1.54, 1.807) is 12.3 Å². The predicted octanol–water partition coefficient (Wildman–Crippen LogP) is 3.62. The fourth-order valence-corrected chi connectivity index (χ4v) is 5.18. The van der Waals surface area contributed by atoms with Gasteiger partial charge in [0.25, 0.3) is 5.56 Å². The SMILES string of the molecule is O=c1oc2ccccc2c2c1C(c1cc3cccc4c3n(c1=O)CC4)c1cn[nH]c1N2. The van der Waals surface area contributed by atoms with Gasteiger partial charge in [-0.15, -0.1) is 0 Å². The monoisotopic (exact) mass is 408 g/mol. The Hall–Kier alpha value is -4.13. The summed E-state index contributed by atoms with van der Waals surface area (Å²) in [5.74, 6) is 0.110. The van der Waals surface area contributed by atoms with Crippen LogP contribution in [-0.4, -0.2) is 14.8 Å². The van der Waals surface area contributed by atoms with Crippen molar-refractivity contribution in [3.05, 3.63) is 97.8 Å². The Morgan fingerprint density at radius 2 is 1.97 bits per heavy atom. The molecule has 0 saturated carbocycles. The first-order valence-corrected chi connectivity index (χ1v) is 10.2. The molecule has 3 aromatic heterocycles. The molecule has 7 heteroatoms. The number of rotatable bonds is 1. The van der Waals surface area contributed by atoms with E-state index in [0.717, 1.165) is 28.3 Å². The molecular weight excluding hydrogens is 392 g/mol. The third-order valence-corrected chi connectivity index (χ3v) is 6.51. The van der Waals surface area contributed by atoms with Gasteiger partial charge in [0, 0.05) is 23.1 Å². The summed E-state index contributed by atoms with van der Waals surface area (Å²) in [7, 11) is 0. The van der Waals surface area contributed by atoms with Gasteiger partial charge in [-0.05, 0) is 35.6 Å². The zero-order valence-corrected chi connectivity index (χ0v) is 16.3. The van der Waals surface area contributed by atoms with Gasteiger partial charge in [-0.1, -0.05) is 30.3 Å². The van der Waals surface area contributed by atoms with Crippen molar-refractivity contribution in [1.82, 2.24) is 14.8 Å². The second-order valence-electron chi connectivity index (χ2n) is 8.09. The van der Waals surface area contributed by atoms with Crippen molar-refractivity contribution >= 4 is 33.4 Å². The molecule has 150 valence electrons. The Kier molecular flexibility index (Phi) is 3.07. The van der Waals surface area contributed by atoms with Crippen LogP contribution < -0.4 is 16.5 Å². The van der Waals surface area contributed by atoms with E-state index in [2.05, 4.69) is 21.6 Å². The van der Waals surface area contributed by atoms with Gasteiger partial charge in [0.2, 0.25) is 0 Å². The van der Waals surface area contributed by atoms with Gasteiger partial charge in [0.05, 0.1) is 28.9 Å². The standard InChI is InChI=1S/C24H16N4O3/c29-23-15(10-13-5-3-4-12-8-9-28(23)21(12)13)18-16-11-25-27-22(16)26-20-14-6-1-2-7-17(14)31-24(30)19(18)20/h1-7,10-11,18H,8-9H2,(H2,25,26,27). The van der Waals surface area contributed by atoms with Crippen LogP contribution in [-0.2, 0) is 13.0 Å². The van der Waals surface area contributed by atoms with Gasteiger partial charge >= 0.3 is 5.63 Å². The fourth-order valence-electron chi connectivity index (χ4n) is 5.18. The van der Waals surface area contributed by atoms with Crippen LogP contribution in [0.4, 0.5) is 11.5 Å². The Bertz CT molecular complexity index is 1670. The first kappa shape index (κ1) is 16.6. The molecule has 5 heterocycles. The summed E-state index contributed by atoms with van der Waals surface area (Å²) in [5, 5.41) is 12.3. The molecule has 2 aromatic carbocycles. The average molecular weight is 408 g/mol. The average Bonchev–Trinajstić information content (AvgIpc) is 3.43. The van der Waals surface area contributed by atoms with Gasteiger partial charge in [0.1, 0.15) is 11.4 Å². The molecule has 2 aliphatic heterocycles. The Morgan fingerprint density at radius 1 is 1.06 bits per heavy atom. The van der Waals surface area contributed by atoms with Crippen LogP contribution in [0, 0.1) is 0 Å². The van der Waals surface area contributed by atoms with Crippen LogP contribution in [0.3, 0.4) is 0 Å². The number of fused-ring (bicyclic) bond motifs is 4. The highest BCUT2D eigenvalue weighted by molar-refractivity contribution is 5.95. The zero-order valence-electron chi connectivity index (χ0n) is 16.3. The number of pyridine rings is 1. The van der Waals surface area contributed by atoms with Gasteiger partial charge in [-0.2, -0.15) is 5.10 Å². The second-order valence-corrected chi connectivity index (χ2v) is 8.09. The third-order valence-electron chi connectivity index (χ3n) is 6.51. The highest BCUT2D eigenvalue weighted by Crippen LogP contribution is 2.44. The first-order chi connectivity index (χ1) is 15.2. The lowest BCUT2D eigenvalue weighted by Gasteiger charge is -2.26. The van der Waals surface area contributed by atoms with Crippen LogP contribution in [0.5, 0.6) is 0 Å². The predicted molar refractivity (Wildman–Crippen MR) is 117 cm³/mol. The highest BCUT2D eigenvalue weighted by Gasteiger charge is 2.36. The molecule has 7 nitrogen and oxygen atoms in total. The normalized spacial score (nSPS) is 16.3. The Morgan fingerprint density at radius 3 is 2.90 bits per heavy atom. The van der Waals surface area contributed by atoms with Gasteiger partial charge < -0.3 is 14.3 Å². The number of nitrogens with zero attached hydrogens (tertiary/aromatic N) is 2. The number of benzene rings is 2. The van der Waals surface area contributed by atoms with Gasteiger partial charge in [-0.25, -0.2) is 4.79 Å². The lowest BCUT2D eigenvalue weighted by molar-refractivity contribution is 0.548. The molecule has 0 saturated heterocycles. The van der Waals surface area contributed by atoms with E-state index in [1.165, 1.54) is 5.56 Å². The molecular formula is C24H16N4O3. The van der Waals surface area contributed by atoms with Crippen molar-refractivity contribution in [1.29, 1.82) is 0 Å². The second kappa shape index (κ2) is 5.72. The molecule has 31 heavy (non-hydrogen) atoms. The van der Waals surface area contributed by atoms with Crippen LogP contribution >= 0.6 is 0 Å². The number of hydrogen-bond donors (Lipinski definition) is 2. The van der Waals surface area contributed by atoms with Gasteiger partial charge in [-0.3, -0.25) is 9.89 Å². The smallest absolute Gasteiger partial charge is 0.342 e. The molecule has 0 aliphatic carbocycles. The lowest BCUT2D eigenvalue weighted by atomic mass is 9.83. The van der Waals surface area contributed by atoms with E-state index in [0.29, 0.717) is 34.8 Å². The van der Waals surface area contributed by atoms with E-state index in [-0.39, 0.29) is 5.56 Å². The maximum Gasteiger partial charge on any atom is 0.342 e. The minimum atomic E-state index is -0.573. The van der Waals surface area contributed by atoms with E-state index in [1.807, 2.05) is 41.0 Å². The summed E-state index contributed by atoms with van der Waals surface area (Å²) in [6, 6.07) is 15.4. The summed E-state index contributed by atoms with van der Waals surface area (Å²) in [6.45, 7) is 0.644. The number of hydrogen-bond acceptors (Lipinski definition) is 5. The maximum atomic E-state index is 13.6. The molecule has 0 spiro atoms. The highest BCUT2D eigenvalue weighted by atomic mass is 16.4. The van der Waals surface area contributed by atoms with Crippen LogP contribution in [0.1, 0.15) is 28.2 Å². The van der Waals surface area contributed by atoms with E-state index < -0.39 is 11.5 Å². The molecule has 0 amide bonds. The quantitative estimate of drug-likeness (QED) is 0.405. The van der Waals surface area contributed by atoms with E-state index >= 15 is 0 Å². The van der Waals surface area contributed by atoms with Crippen molar-refractivity contribution in [2.75, 3.05) is 5.32 Å². The van der Waals surface area contributed by atoms with Crippen molar-refractivity contribution in [3.8, 4) is 0 Å². The van der Waals surface area contributed by atoms with Crippen molar-refractivity contribution in [3.63, 3.8) is 0 Å². The minimum absolute atomic E-state index is 0.0741. The molecule has 0 radical (unpaired) electrons. The maximum absolute atomic E-state index is 13.6. The van der Waals surface area contributed by atoms with E-state index in [4.69, 9.17) is 4.42 Å². The molecule has 2 aliphatic rings. The van der Waals surface area contributed by atoms with Crippen molar-refractivity contribution < 1.29 is 4.42 Å². The molecule has 2 N–H and O–H groups in total. The number of aromatic nitrogens is 3. The number of aryl methyl sites for hydroxylation is 2. The third kappa shape index (κ3) is 2.10. The number of nitrogens with one attached hydrogen (secondary N) is 2. The fraction of sp³-hybridized carbons (Fsp3) is 0.125. The summed E-state index contributed by atoms with van der Waals surface area (Å²) >= 11 is 0. The number of H-pyrrole nitrogens is 1. The number of para-hydroxylation sites is 2. The number of aromatic amines is 1. The largest absolute Gasteiger partial charge is 0.422 e. The lowest BCUT2D eigenvalue weighted by Crippen LogP contribution is -2.29. The van der Waals surface area contributed by atoms with Crippen molar-refractivity contribution in [2.45, 2.75) is 18.9 Å². The molecule has 0 bridgehead atoms. The summed E-state index contributed by atoms with van der Waals surface area (Å²) in [5.41, 5.74) is 4.55. The Labute approximate surface area is 174 Å². The summed E-state index contributed by atoms with van der Waals surface area (Å²) in [4.78, 5) is 26.8. The summed E-state index contributed by atoms with van der Waals surface area (Å²) < 4.78 is 7.50. The molecule has 5 aromatic rings. The zero-order chi connectivity index (χ0) is 20.7. The first-order valence-electron chi connectivity index (χ1n) is 10.2.